The molecule has 1 aromatic rings. The molecule has 1 heterocycles. The van der Waals surface area contributed by atoms with E-state index in [0.29, 0.717) is 19.4 Å². The van der Waals surface area contributed by atoms with E-state index >= 15 is 0 Å². The number of hydrogen-bond acceptors (Lipinski definition) is 3. The molecule has 1 amide bonds. The minimum absolute atomic E-state index is 0.170. The molecule has 26 heavy (non-hydrogen) atoms. The molecule has 1 atom stereocenters. The van der Waals surface area contributed by atoms with Crippen LogP contribution in [0, 0.1) is 5.92 Å². The van der Waals surface area contributed by atoms with Crippen LogP contribution in [0.4, 0.5) is 13.2 Å². The number of nitrogens with zero attached hydrogens (tertiary/aromatic N) is 1. The van der Waals surface area contributed by atoms with Crippen LogP contribution in [0.2, 0.25) is 0 Å². The largest absolute Gasteiger partial charge is 0.416 e. The van der Waals surface area contributed by atoms with Gasteiger partial charge in [-0.2, -0.15) is 17.5 Å². The van der Waals surface area contributed by atoms with Gasteiger partial charge in [-0.25, -0.2) is 8.42 Å². The fraction of sp³-hybridized carbons (Fsp3) is 0.588. The van der Waals surface area contributed by atoms with Gasteiger partial charge in [0.25, 0.3) is 0 Å². The maximum atomic E-state index is 12.9. The van der Waals surface area contributed by atoms with Gasteiger partial charge in [0.2, 0.25) is 15.9 Å². The molecule has 0 saturated carbocycles. The minimum Gasteiger partial charge on any atom is -0.354 e. The number of piperidine rings is 1. The van der Waals surface area contributed by atoms with Gasteiger partial charge in [0.05, 0.1) is 10.5 Å². The monoisotopic (exact) mass is 392 g/mol. The molecule has 0 spiro atoms. The number of halogens is 3. The molecule has 1 unspecified atom stereocenters. The highest BCUT2D eigenvalue weighted by Gasteiger charge is 2.38. The van der Waals surface area contributed by atoms with Crippen molar-refractivity contribution >= 4 is 15.9 Å². The predicted octanol–water partition coefficient (Wildman–Crippen LogP) is 3.02. The molecule has 5 nitrogen and oxygen atoms in total. The first-order valence-corrected chi connectivity index (χ1v) is 9.94. The number of alkyl halides is 3. The summed E-state index contributed by atoms with van der Waals surface area (Å²) in [4.78, 5) is 12.2. The summed E-state index contributed by atoms with van der Waals surface area (Å²) in [5, 5.41) is 2.74. The standard InChI is InChI=1S/C17H23F3N2O3S/c1-12(2)11-21-16(23)15-5-3-4-10-22(15)26(24,25)14-8-6-13(7-9-14)17(18,19)20/h6-9,12,15H,3-5,10-11H2,1-2H3,(H,21,23). The summed E-state index contributed by atoms with van der Waals surface area (Å²) in [6.07, 6.45) is -2.82. The highest BCUT2D eigenvalue weighted by molar-refractivity contribution is 7.89. The number of benzene rings is 1. The second-order valence-corrected chi connectivity index (χ2v) is 8.68. The van der Waals surface area contributed by atoms with Crippen molar-refractivity contribution in [2.24, 2.45) is 5.92 Å². The Morgan fingerprint density at radius 1 is 1.23 bits per heavy atom. The van der Waals surface area contributed by atoms with Crippen molar-refractivity contribution < 1.29 is 26.4 Å². The molecule has 1 aliphatic rings. The SMILES string of the molecule is CC(C)CNC(=O)C1CCCCN1S(=O)(=O)c1ccc(C(F)(F)F)cc1. The third kappa shape index (κ3) is 4.76. The summed E-state index contributed by atoms with van der Waals surface area (Å²) in [6.45, 7) is 4.46. The van der Waals surface area contributed by atoms with E-state index in [0.717, 1.165) is 35.0 Å². The average molecular weight is 392 g/mol. The van der Waals surface area contributed by atoms with E-state index < -0.39 is 27.8 Å². The van der Waals surface area contributed by atoms with Crippen LogP contribution in [-0.2, 0) is 21.0 Å². The lowest BCUT2D eigenvalue weighted by molar-refractivity contribution is -0.137. The Labute approximate surface area is 151 Å². The van der Waals surface area contributed by atoms with Crippen LogP contribution >= 0.6 is 0 Å². The zero-order valence-corrected chi connectivity index (χ0v) is 15.5. The molecule has 0 aliphatic carbocycles. The number of sulfonamides is 1. The van der Waals surface area contributed by atoms with Gasteiger partial charge >= 0.3 is 6.18 Å². The Morgan fingerprint density at radius 2 is 1.85 bits per heavy atom. The number of nitrogens with one attached hydrogen (secondary N) is 1. The molecule has 1 saturated heterocycles. The molecule has 146 valence electrons. The zero-order valence-electron chi connectivity index (χ0n) is 14.7. The number of carbonyl (C=O) groups excluding carboxylic acids is 1. The van der Waals surface area contributed by atoms with Crippen molar-refractivity contribution in [3.8, 4) is 0 Å². The van der Waals surface area contributed by atoms with Crippen LogP contribution in [0.15, 0.2) is 29.2 Å². The molecular weight excluding hydrogens is 369 g/mol. The van der Waals surface area contributed by atoms with Crippen LogP contribution in [0.25, 0.3) is 0 Å². The van der Waals surface area contributed by atoms with Gasteiger partial charge < -0.3 is 5.32 Å². The van der Waals surface area contributed by atoms with Gasteiger partial charge in [0, 0.05) is 13.1 Å². The first-order valence-electron chi connectivity index (χ1n) is 8.50. The fourth-order valence-corrected chi connectivity index (χ4v) is 4.48. The minimum atomic E-state index is -4.54. The summed E-state index contributed by atoms with van der Waals surface area (Å²) < 4.78 is 64.9. The predicted molar refractivity (Wildman–Crippen MR) is 90.8 cm³/mol. The van der Waals surface area contributed by atoms with E-state index in [1.54, 1.807) is 0 Å². The number of rotatable bonds is 5. The second kappa shape index (κ2) is 7.96. The first-order chi connectivity index (χ1) is 12.0. The summed E-state index contributed by atoms with van der Waals surface area (Å²) in [7, 11) is -4.05. The molecule has 1 aromatic carbocycles. The lowest BCUT2D eigenvalue weighted by atomic mass is 10.0. The Kier molecular flexibility index (Phi) is 6.33. The number of hydrogen-bond donors (Lipinski definition) is 1. The fourth-order valence-electron chi connectivity index (χ4n) is 2.83. The smallest absolute Gasteiger partial charge is 0.354 e. The van der Waals surface area contributed by atoms with E-state index in [4.69, 9.17) is 0 Å². The lowest BCUT2D eigenvalue weighted by Gasteiger charge is -2.33. The van der Waals surface area contributed by atoms with Gasteiger partial charge in [-0.05, 0) is 43.0 Å². The maximum Gasteiger partial charge on any atom is 0.416 e. The van der Waals surface area contributed by atoms with Crippen molar-refractivity contribution in [1.29, 1.82) is 0 Å². The number of carbonyl (C=O) groups is 1. The van der Waals surface area contributed by atoms with Crippen molar-refractivity contribution in [1.82, 2.24) is 9.62 Å². The molecule has 0 bridgehead atoms. The normalized spacial score (nSPS) is 19.5. The van der Waals surface area contributed by atoms with Gasteiger partial charge in [-0.15, -0.1) is 0 Å². The summed E-state index contributed by atoms with van der Waals surface area (Å²) in [6, 6.07) is 2.52. The van der Waals surface area contributed by atoms with Gasteiger partial charge in [-0.3, -0.25) is 4.79 Å². The Hall–Kier alpha value is -1.61. The van der Waals surface area contributed by atoms with Gasteiger partial charge in [-0.1, -0.05) is 20.3 Å². The van der Waals surface area contributed by atoms with Gasteiger partial charge in [0.1, 0.15) is 6.04 Å². The van der Waals surface area contributed by atoms with E-state index in [1.807, 2.05) is 13.8 Å². The lowest BCUT2D eigenvalue weighted by Crippen LogP contribution is -2.52. The number of amides is 1. The molecule has 0 radical (unpaired) electrons. The van der Waals surface area contributed by atoms with Crippen molar-refractivity contribution in [3.05, 3.63) is 29.8 Å². The van der Waals surface area contributed by atoms with E-state index in [-0.39, 0.29) is 23.3 Å². The summed E-state index contributed by atoms with van der Waals surface area (Å²) in [5.74, 6) is -0.142. The molecule has 2 rings (SSSR count). The summed E-state index contributed by atoms with van der Waals surface area (Å²) >= 11 is 0. The Morgan fingerprint density at radius 3 is 2.38 bits per heavy atom. The van der Waals surface area contributed by atoms with Gasteiger partial charge in [0.15, 0.2) is 0 Å². The Bertz CT molecular complexity index is 731. The van der Waals surface area contributed by atoms with Crippen LogP contribution < -0.4 is 5.32 Å². The van der Waals surface area contributed by atoms with Crippen molar-refractivity contribution in [2.75, 3.05) is 13.1 Å². The molecule has 0 aromatic heterocycles. The maximum absolute atomic E-state index is 12.9. The molecule has 1 fully saturated rings. The summed E-state index contributed by atoms with van der Waals surface area (Å²) in [5.41, 5.74) is -0.915. The Balaban J connectivity index is 2.25. The molecule has 1 N–H and O–H groups in total. The van der Waals surface area contributed by atoms with Crippen LogP contribution in [0.5, 0.6) is 0 Å². The van der Waals surface area contributed by atoms with E-state index in [1.165, 1.54) is 0 Å². The third-order valence-electron chi connectivity index (χ3n) is 4.23. The molecule has 1 aliphatic heterocycles. The van der Waals surface area contributed by atoms with Crippen LogP contribution in [0.1, 0.15) is 38.7 Å². The topological polar surface area (TPSA) is 66.5 Å². The molecular formula is C17H23F3N2O3S. The zero-order chi connectivity index (χ0) is 19.5. The van der Waals surface area contributed by atoms with Crippen LogP contribution in [-0.4, -0.2) is 37.8 Å². The average Bonchev–Trinajstić information content (AvgIpc) is 2.59. The molecule has 9 heteroatoms. The van der Waals surface area contributed by atoms with E-state index in [9.17, 15) is 26.4 Å². The quantitative estimate of drug-likeness (QED) is 0.838. The highest BCUT2D eigenvalue weighted by Crippen LogP contribution is 2.31. The highest BCUT2D eigenvalue weighted by atomic mass is 32.2. The van der Waals surface area contributed by atoms with Crippen molar-refractivity contribution in [2.45, 2.75) is 50.2 Å². The van der Waals surface area contributed by atoms with Crippen molar-refractivity contribution in [3.63, 3.8) is 0 Å². The first kappa shape index (κ1) is 20.7. The van der Waals surface area contributed by atoms with Crippen LogP contribution in [0.3, 0.4) is 0 Å². The van der Waals surface area contributed by atoms with E-state index in [2.05, 4.69) is 5.32 Å². The third-order valence-corrected chi connectivity index (χ3v) is 6.15. The second-order valence-electron chi connectivity index (χ2n) is 6.79.